The van der Waals surface area contributed by atoms with Crippen LogP contribution in [0.3, 0.4) is 0 Å². The molecule has 1 heterocycles. The van der Waals surface area contributed by atoms with Crippen molar-refractivity contribution in [1.29, 1.82) is 0 Å². The molecule has 6 heteroatoms. The second-order valence-electron chi connectivity index (χ2n) is 4.39. The number of aromatic nitrogens is 1. The van der Waals surface area contributed by atoms with Crippen molar-refractivity contribution < 1.29 is 9.31 Å². The monoisotopic (exact) mass is 336 g/mol. The summed E-state index contributed by atoms with van der Waals surface area (Å²) in [5.74, 6) is -0.301. The third-order valence-electron chi connectivity index (χ3n) is 2.99. The van der Waals surface area contributed by atoms with Gasteiger partial charge in [0.15, 0.2) is 0 Å². The quantitative estimate of drug-likeness (QED) is 0.410. The van der Waals surface area contributed by atoms with Crippen LogP contribution in [0.1, 0.15) is 5.56 Å². The number of fused-ring (bicyclic) bond motifs is 1. The Balaban J connectivity index is 2.11. The van der Waals surface area contributed by atoms with E-state index >= 15 is 0 Å². The van der Waals surface area contributed by atoms with Crippen LogP contribution in [-0.2, 0) is 0 Å². The molecule has 2 aromatic carbocycles. The molecule has 0 N–H and O–H groups in total. The predicted octanol–water partition coefficient (Wildman–Crippen LogP) is 3.31. The zero-order valence-corrected chi connectivity index (χ0v) is 12.2. The van der Waals surface area contributed by atoms with Crippen molar-refractivity contribution in [3.63, 3.8) is 0 Å². The van der Waals surface area contributed by atoms with Crippen molar-refractivity contribution in [2.75, 3.05) is 0 Å². The van der Waals surface area contributed by atoms with E-state index in [0.29, 0.717) is 11.1 Å². The predicted molar refractivity (Wildman–Crippen MR) is 75.5 cm³/mol. The van der Waals surface area contributed by atoms with Crippen molar-refractivity contribution in [3.05, 3.63) is 57.9 Å². The number of nitrogens with zero attached hydrogens (tertiary/aromatic N) is 2. The van der Waals surface area contributed by atoms with Gasteiger partial charge in [-0.3, -0.25) is 0 Å². The first-order chi connectivity index (χ1) is 9.54. The molecule has 0 aliphatic rings. The van der Waals surface area contributed by atoms with Gasteiger partial charge < -0.3 is 0 Å². The van der Waals surface area contributed by atoms with E-state index < -0.39 is 4.92 Å². The van der Waals surface area contributed by atoms with Gasteiger partial charge in [-0.1, -0.05) is 0 Å². The Labute approximate surface area is 119 Å². The summed E-state index contributed by atoms with van der Waals surface area (Å²) in [5.41, 5.74) is 2.23. The van der Waals surface area contributed by atoms with E-state index in [1.165, 1.54) is 18.2 Å². The molecule has 3 rings (SSSR count). The molecule has 0 spiro atoms. The summed E-state index contributed by atoms with van der Waals surface area (Å²) < 4.78 is 15.1. The van der Waals surface area contributed by atoms with E-state index in [0.717, 1.165) is 14.4 Å². The molecule has 0 bridgehead atoms. The molecular formula is C14H9FN2O2Se. The van der Waals surface area contributed by atoms with Crippen molar-refractivity contribution in [3.8, 4) is 10.1 Å². The van der Waals surface area contributed by atoms with Crippen LogP contribution in [0.25, 0.3) is 19.9 Å². The molecule has 0 aliphatic carbocycles. The Morgan fingerprint density at radius 3 is 2.75 bits per heavy atom. The zero-order valence-electron chi connectivity index (χ0n) is 10.5. The average molecular weight is 335 g/mol. The number of nitro benzene ring substituents is 1. The van der Waals surface area contributed by atoms with Crippen LogP contribution in [-0.4, -0.2) is 24.4 Å². The Morgan fingerprint density at radius 2 is 2.05 bits per heavy atom. The van der Waals surface area contributed by atoms with Crippen molar-refractivity contribution in [2.24, 2.45) is 0 Å². The standard InChI is InChI=1S/C14H9FN2O2Se/c1-8-6-9(2-4-12(8)17(18)19)14-16-11-7-10(15)3-5-13(11)20-14/h2-7H,1H3. The van der Waals surface area contributed by atoms with Crippen molar-refractivity contribution in [2.45, 2.75) is 6.92 Å². The van der Waals surface area contributed by atoms with E-state index in [2.05, 4.69) is 4.98 Å². The second kappa shape index (κ2) is 4.81. The van der Waals surface area contributed by atoms with Crippen molar-refractivity contribution in [1.82, 2.24) is 4.98 Å². The molecule has 0 unspecified atom stereocenters. The summed E-state index contributed by atoms with van der Waals surface area (Å²) in [5, 5.41) is 10.8. The van der Waals surface area contributed by atoms with Crippen LogP contribution in [0.5, 0.6) is 0 Å². The number of aryl methyl sites for hydroxylation is 1. The van der Waals surface area contributed by atoms with Crippen LogP contribution in [0.15, 0.2) is 36.4 Å². The summed E-state index contributed by atoms with van der Waals surface area (Å²) >= 11 is 0.00556. The Morgan fingerprint density at radius 1 is 1.25 bits per heavy atom. The first-order valence-corrected chi connectivity index (χ1v) is 7.57. The van der Waals surface area contributed by atoms with Gasteiger partial charge in [-0.25, -0.2) is 0 Å². The molecule has 0 radical (unpaired) electrons. The maximum absolute atomic E-state index is 13.2. The van der Waals surface area contributed by atoms with Gasteiger partial charge in [0.05, 0.1) is 0 Å². The van der Waals surface area contributed by atoms with E-state index in [-0.39, 0.29) is 26.0 Å². The maximum atomic E-state index is 13.2. The molecule has 100 valence electrons. The fourth-order valence-corrected chi connectivity index (χ4v) is 3.99. The van der Waals surface area contributed by atoms with Gasteiger partial charge in [0.25, 0.3) is 0 Å². The molecule has 1 aromatic heterocycles. The number of benzene rings is 2. The van der Waals surface area contributed by atoms with Crippen LogP contribution in [0.4, 0.5) is 10.1 Å². The van der Waals surface area contributed by atoms with E-state index in [1.807, 2.05) is 0 Å². The van der Waals surface area contributed by atoms with Crippen LogP contribution >= 0.6 is 0 Å². The SMILES string of the molecule is Cc1cc(-c2nc3cc(F)ccc3[se]2)ccc1[N+](=O)[O-]. The van der Waals surface area contributed by atoms with Crippen molar-refractivity contribution >= 4 is 30.0 Å². The molecule has 3 aromatic rings. The molecular weight excluding hydrogens is 326 g/mol. The van der Waals surface area contributed by atoms with Gasteiger partial charge in [-0.2, -0.15) is 0 Å². The van der Waals surface area contributed by atoms with E-state index in [1.54, 1.807) is 25.1 Å². The Kier molecular flexibility index (Phi) is 3.12. The molecule has 20 heavy (non-hydrogen) atoms. The molecule has 4 nitrogen and oxygen atoms in total. The number of halogens is 1. The third-order valence-corrected chi connectivity index (χ3v) is 5.27. The number of hydrogen-bond donors (Lipinski definition) is 0. The molecule has 0 aliphatic heterocycles. The summed E-state index contributed by atoms with van der Waals surface area (Å²) in [6, 6.07) is 9.56. The third kappa shape index (κ3) is 2.24. The fourth-order valence-electron chi connectivity index (χ4n) is 2.02. The molecule has 0 saturated heterocycles. The van der Waals surface area contributed by atoms with Gasteiger partial charge in [0.2, 0.25) is 0 Å². The fraction of sp³-hybridized carbons (Fsp3) is 0.0714. The molecule has 0 amide bonds. The zero-order chi connectivity index (χ0) is 14.3. The average Bonchev–Trinajstić information content (AvgIpc) is 2.81. The molecule has 0 atom stereocenters. The van der Waals surface area contributed by atoms with Crippen LogP contribution in [0, 0.1) is 22.9 Å². The number of nitro groups is 1. The molecule has 0 saturated carbocycles. The first-order valence-electron chi connectivity index (χ1n) is 5.86. The Bertz CT molecular complexity index is 829. The van der Waals surface area contributed by atoms with Gasteiger partial charge in [-0.15, -0.1) is 0 Å². The van der Waals surface area contributed by atoms with Crippen LogP contribution < -0.4 is 0 Å². The number of hydrogen-bond acceptors (Lipinski definition) is 3. The van der Waals surface area contributed by atoms with Crippen LogP contribution in [0.2, 0.25) is 0 Å². The van der Waals surface area contributed by atoms with Gasteiger partial charge in [0.1, 0.15) is 0 Å². The Hall–Kier alpha value is -2.04. The minimum atomic E-state index is -0.398. The topological polar surface area (TPSA) is 56.0 Å². The van der Waals surface area contributed by atoms with Gasteiger partial charge in [0, 0.05) is 0 Å². The minimum absolute atomic E-state index is 0.00556. The first kappa shape index (κ1) is 13.0. The summed E-state index contributed by atoms with van der Waals surface area (Å²) in [4.78, 5) is 14.8. The summed E-state index contributed by atoms with van der Waals surface area (Å²) in [6.45, 7) is 1.71. The van der Waals surface area contributed by atoms with Gasteiger partial charge >= 0.3 is 119 Å². The van der Waals surface area contributed by atoms with E-state index in [9.17, 15) is 14.5 Å². The normalized spacial score (nSPS) is 10.9. The number of rotatable bonds is 2. The van der Waals surface area contributed by atoms with E-state index in [4.69, 9.17) is 0 Å². The second-order valence-corrected chi connectivity index (χ2v) is 6.55. The van der Waals surface area contributed by atoms with Gasteiger partial charge in [-0.05, 0) is 0 Å². The summed E-state index contributed by atoms with van der Waals surface area (Å²) in [6.07, 6.45) is 0. The summed E-state index contributed by atoms with van der Waals surface area (Å²) in [7, 11) is 0. The molecule has 0 fully saturated rings.